The molecule has 9 heteroatoms. The molecule has 0 unspecified atom stereocenters. The maximum absolute atomic E-state index is 12.6. The van der Waals surface area contributed by atoms with Crippen molar-refractivity contribution in [3.05, 3.63) is 27.2 Å². The first-order valence-corrected chi connectivity index (χ1v) is 7.72. The third-order valence-corrected chi connectivity index (χ3v) is 4.21. The van der Waals surface area contributed by atoms with Gasteiger partial charge in [0.05, 0.1) is 16.9 Å². The maximum Gasteiger partial charge on any atom is 0.333 e. The van der Waals surface area contributed by atoms with Crippen LogP contribution in [0.1, 0.15) is 18.2 Å². The average molecular weight is 347 g/mol. The fourth-order valence-electron chi connectivity index (χ4n) is 2.68. The second-order valence-corrected chi connectivity index (χ2v) is 5.86. The van der Waals surface area contributed by atoms with Crippen LogP contribution < -0.4 is 10.5 Å². The molecule has 0 bridgehead atoms. The molecule has 2 heterocycles. The van der Waals surface area contributed by atoms with E-state index in [9.17, 15) is 19.2 Å². The molecule has 1 aliphatic heterocycles. The Balaban J connectivity index is 2.76. The Morgan fingerprint density at radius 3 is 2.04 bits per heavy atom. The van der Waals surface area contributed by atoms with E-state index in [0.717, 1.165) is 14.5 Å². The molecule has 1 aromatic heterocycles. The van der Waals surface area contributed by atoms with Gasteiger partial charge in [-0.3, -0.25) is 24.2 Å². The molecule has 25 heavy (non-hydrogen) atoms. The zero-order chi connectivity index (χ0) is 19.0. The predicted molar refractivity (Wildman–Crippen MR) is 92.1 cm³/mol. The van der Waals surface area contributed by atoms with Crippen LogP contribution in [-0.4, -0.2) is 65.1 Å². The molecular weight excluding hydrogens is 326 g/mol. The van der Waals surface area contributed by atoms with Crippen LogP contribution in [0.2, 0.25) is 0 Å². The van der Waals surface area contributed by atoms with Crippen molar-refractivity contribution in [2.45, 2.75) is 13.8 Å². The Hall–Kier alpha value is -2.97. The van der Waals surface area contributed by atoms with Gasteiger partial charge in [0.2, 0.25) is 0 Å². The van der Waals surface area contributed by atoms with Crippen molar-refractivity contribution in [1.29, 1.82) is 0 Å². The minimum atomic E-state index is -0.741. The number of aromatic nitrogens is 2. The van der Waals surface area contributed by atoms with Crippen molar-refractivity contribution in [3.8, 4) is 0 Å². The normalized spacial score (nSPS) is 15.1. The van der Waals surface area contributed by atoms with E-state index in [1.165, 1.54) is 27.2 Å². The number of nitrogens with zero attached hydrogens (tertiary/aromatic N) is 5. The van der Waals surface area contributed by atoms with Crippen molar-refractivity contribution < 1.29 is 14.4 Å². The maximum atomic E-state index is 12.6. The summed E-state index contributed by atoms with van der Waals surface area (Å²) in [6, 6.07) is -0.711. The molecule has 0 atom stereocenters. The SMILES string of the molecule is CCN(C)c1c(C)nn(C)c(=O)c1C=C1C(=O)N(C)C(=O)N(C)C1=O. The Bertz CT molecular complexity index is 829. The van der Waals surface area contributed by atoms with Crippen molar-refractivity contribution in [2.75, 3.05) is 32.6 Å². The molecule has 1 saturated heterocycles. The highest BCUT2D eigenvalue weighted by Crippen LogP contribution is 2.24. The first kappa shape index (κ1) is 18.4. The second-order valence-electron chi connectivity index (χ2n) is 5.86. The molecule has 4 amide bonds. The monoisotopic (exact) mass is 347 g/mol. The van der Waals surface area contributed by atoms with Crippen LogP contribution in [0.25, 0.3) is 6.08 Å². The summed E-state index contributed by atoms with van der Waals surface area (Å²) >= 11 is 0. The van der Waals surface area contributed by atoms with Crippen molar-refractivity contribution in [2.24, 2.45) is 7.05 Å². The number of likely N-dealkylation sites (N-methyl/N-ethyl adjacent to an activating group) is 2. The van der Waals surface area contributed by atoms with Gasteiger partial charge in [-0.15, -0.1) is 0 Å². The third kappa shape index (κ3) is 2.92. The largest absolute Gasteiger partial charge is 0.373 e. The van der Waals surface area contributed by atoms with Gasteiger partial charge >= 0.3 is 6.03 Å². The molecule has 9 nitrogen and oxygen atoms in total. The Morgan fingerprint density at radius 1 is 1.04 bits per heavy atom. The lowest BCUT2D eigenvalue weighted by Crippen LogP contribution is -2.53. The summed E-state index contributed by atoms with van der Waals surface area (Å²) in [6.45, 7) is 4.26. The van der Waals surface area contributed by atoms with Crippen LogP contribution in [0.4, 0.5) is 10.5 Å². The van der Waals surface area contributed by atoms with E-state index in [0.29, 0.717) is 17.9 Å². The first-order chi connectivity index (χ1) is 11.6. The zero-order valence-corrected chi connectivity index (χ0v) is 15.2. The first-order valence-electron chi connectivity index (χ1n) is 7.72. The number of anilines is 1. The molecule has 0 aliphatic carbocycles. The fraction of sp³-hybridized carbons (Fsp3) is 0.438. The molecule has 0 saturated carbocycles. The molecule has 1 aromatic rings. The molecule has 1 aliphatic rings. The Kier molecular flexibility index (Phi) is 4.78. The van der Waals surface area contributed by atoms with E-state index < -0.39 is 23.4 Å². The molecule has 0 spiro atoms. The number of rotatable bonds is 3. The number of hydrogen-bond donors (Lipinski definition) is 0. The smallest absolute Gasteiger partial charge is 0.333 e. The van der Waals surface area contributed by atoms with Crippen molar-refractivity contribution in [1.82, 2.24) is 19.6 Å². The summed E-state index contributed by atoms with van der Waals surface area (Å²) in [5.41, 5.74) is 0.647. The van der Waals surface area contributed by atoms with Gasteiger partial charge in [-0.25, -0.2) is 9.48 Å². The van der Waals surface area contributed by atoms with E-state index in [2.05, 4.69) is 5.10 Å². The number of carbonyl (C=O) groups excluding carboxylic acids is 3. The second kappa shape index (κ2) is 6.50. The molecule has 134 valence electrons. The number of barbiturate groups is 1. The van der Waals surface area contributed by atoms with Gasteiger partial charge in [-0.05, 0) is 19.9 Å². The quantitative estimate of drug-likeness (QED) is 0.563. The van der Waals surface area contributed by atoms with Gasteiger partial charge < -0.3 is 4.90 Å². The molecule has 0 radical (unpaired) electrons. The van der Waals surface area contributed by atoms with E-state index in [-0.39, 0.29) is 11.1 Å². The highest BCUT2D eigenvalue weighted by molar-refractivity contribution is 6.30. The van der Waals surface area contributed by atoms with Gasteiger partial charge in [-0.2, -0.15) is 5.10 Å². The van der Waals surface area contributed by atoms with Crippen LogP contribution in [-0.2, 0) is 16.6 Å². The van der Waals surface area contributed by atoms with Gasteiger partial charge in [0.1, 0.15) is 5.57 Å². The summed E-state index contributed by atoms with van der Waals surface area (Å²) < 4.78 is 1.16. The lowest BCUT2D eigenvalue weighted by molar-refractivity contribution is -0.134. The fourth-order valence-corrected chi connectivity index (χ4v) is 2.68. The zero-order valence-electron chi connectivity index (χ0n) is 15.2. The van der Waals surface area contributed by atoms with Crippen LogP contribution >= 0.6 is 0 Å². The number of carbonyl (C=O) groups is 3. The van der Waals surface area contributed by atoms with Crippen LogP contribution in [0.5, 0.6) is 0 Å². The average Bonchev–Trinajstić information content (AvgIpc) is 2.58. The van der Waals surface area contributed by atoms with Crippen molar-refractivity contribution >= 4 is 29.6 Å². The standard InChI is InChI=1S/C16H21N5O4/c1-7-18(3)12-9(2)17-21(6)15(24)10(12)8-11-13(22)19(4)16(25)20(5)14(11)23/h8H,7H2,1-6H3. The predicted octanol–water partition coefficient (Wildman–Crippen LogP) is -0.0214. The third-order valence-electron chi connectivity index (χ3n) is 4.21. The molecular formula is C16H21N5O4. The van der Waals surface area contributed by atoms with Crippen LogP contribution in [0.15, 0.2) is 10.4 Å². The molecule has 2 rings (SSSR count). The number of urea groups is 1. The topological polar surface area (TPSA) is 95.8 Å². The van der Waals surface area contributed by atoms with Crippen LogP contribution in [0.3, 0.4) is 0 Å². The van der Waals surface area contributed by atoms with E-state index >= 15 is 0 Å². The van der Waals surface area contributed by atoms with Gasteiger partial charge in [0.25, 0.3) is 17.4 Å². The number of imide groups is 2. The van der Waals surface area contributed by atoms with Gasteiger partial charge in [-0.1, -0.05) is 0 Å². The van der Waals surface area contributed by atoms with E-state index in [1.54, 1.807) is 14.0 Å². The van der Waals surface area contributed by atoms with Gasteiger partial charge in [0, 0.05) is 34.7 Å². The number of aryl methyl sites for hydroxylation is 2. The number of amides is 4. The van der Waals surface area contributed by atoms with E-state index in [4.69, 9.17) is 0 Å². The Labute approximate surface area is 145 Å². The summed E-state index contributed by atoms with van der Waals surface area (Å²) in [4.78, 5) is 52.7. The van der Waals surface area contributed by atoms with Crippen LogP contribution in [0, 0.1) is 6.92 Å². The Morgan fingerprint density at radius 2 is 1.56 bits per heavy atom. The van der Waals surface area contributed by atoms with Crippen molar-refractivity contribution in [3.63, 3.8) is 0 Å². The summed E-state index contributed by atoms with van der Waals surface area (Å²) in [7, 11) is 5.87. The highest BCUT2D eigenvalue weighted by atomic mass is 16.2. The van der Waals surface area contributed by atoms with Gasteiger partial charge in [0.15, 0.2) is 0 Å². The minimum absolute atomic E-state index is 0.187. The molecule has 1 fully saturated rings. The summed E-state index contributed by atoms with van der Waals surface area (Å²) in [6.07, 6.45) is 1.25. The molecule has 0 N–H and O–H groups in total. The number of hydrogen-bond acceptors (Lipinski definition) is 6. The molecule has 0 aromatic carbocycles. The minimum Gasteiger partial charge on any atom is -0.373 e. The summed E-state index contributed by atoms with van der Waals surface area (Å²) in [5, 5.41) is 4.16. The summed E-state index contributed by atoms with van der Waals surface area (Å²) in [5.74, 6) is -1.48. The highest BCUT2D eigenvalue weighted by Gasteiger charge is 2.38. The lowest BCUT2D eigenvalue weighted by Gasteiger charge is -2.29. The van der Waals surface area contributed by atoms with E-state index in [1.807, 2.05) is 11.8 Å². The lowest BCUT2D eigenvalue weighted by atomic mass is 10.1.